The molecule has 0 atom stereocenters. The summed E-state index contributed by atoms with van der Waals surface area (Å²) in [6, 6.07) is 5.99. The molecule has 0 fully saturated rings. The number of aryl methyl sites for hydroxylation is 2. The Kier molecular flexibility index (Phi) is 3.80. The second kappa shape index (κ2) is 5.36. The van der Waals surface area contributed by atoms with Crippen LogP contribution in [0.3, 0.4) is 0 Å². The number of nitrogens with zero attached hydrogens (tertiary/aromatic N) is 3. The van der Waals surface area contributed by atoms with Crippen molar-refractivity contribution in [2.75, 3.05) is 24.3 Å². The lowest BCUT2D eigenvalue weighted by atomic mass is 10.1. The van der Waals surface area contributed by atoms with Crippen LogP contribution >= 0.6 is 11.3 Å². The maximum atomic E-state index is 12.3. The van der Waals surface area contributed by atoms with Gasteiger partial charge in [-0.25, -0.2) is 0 Å². The first-order valence-electron chi connectivity index (χ1n) is 5.89. The Morgan fingerprint density at radius 3 is 2.63 bits per heavy atom. The topological polar surface area (TPSA) is 58.1 Å². The molecule has 0 aliphatic rings. The van der Waals surface area contributed by atoms with Gasteiger partial charge in [0.05, 0.1) is 0 Å². The van der Waals surface area contributed by atoms with Gasteiger partial charge >= 0.3 is 0 Å². The normalized spacial score (nSPS) is 10.3. The zero-order valence-electron chi connectivity index (χ0n) is 11.4. The molecule has 0 bridgehead atoms. The van der Waals surface area contributed by atoms with E-state index in [0.29, 0.717) is 10.1 Å². The number of rotatable bonds is 3. The average Bonchev–Trinajstić information content (AvgIpc) is 2.86. The highest BCUT2D eigenvalue weighted by molar-refractivity contribution is 7.17. The maximum Gasteiger partial charge on any atom is 0.289 e. The fourth-order valence-electron chi connectivity index (χ4n) is 1.85. The molecule has 1 aromatic heterocycles. The van der Waals surface area contributed by atoms with Gasteiger partial charge in [0, 0.05) is 19.8 Å². The molecule has 0 aliphatic carbocycles. The fraction of sp³-hybridized carbons (Fsp3) is 0.308. The number of anilines is 2. The summed E-state index contributed by atoms with van der Waals surface area (Å²) in [7, 11) is 3.50. The number of carbonyl (C=O) groups excluding carboxylic acids is 1. The Hall–Kier alpha value is -1.95. The summed E-state index contributed by atoms with van der Waals surface area (Å²) in [5, 5.41) is 11.7. The molecule has 0 radical (unpaired) electrons. The standard InChI is InChI=1S/C13H16N4OS/c1-8-5-6-10(9(2)7-8)17(4)12(18)11-15-16-13(14-3)19-11/h5-7H,1-4H3,(H,14,16). The van der Waals surface area contributed by atoms with Crippen molar-refractivity contribution in [1.29, 1.82) is 0 Å². The van der Waals surface area contributed by atoms with E-state index >= 15 is 0 Å². The minimum Gasteiger partial charge on any atom is -0.363 e. The number of carbonyl (C=O) groups is 1. The summed E-state index contributed by atoms with van der Waals surface area (Å²) >= 11 is 1.25. The summed E-state index contributed by atoms with van der Waals surface area (Å²) in [5.41, 5.74) is 3.13. The van der Waals surface area contributed by atoms with E-state index in [1.54, 1.807) is 19.0 Å². The highest BCUT2D eigenvalue weighted by Gasteiger charge is 2.19. The van der Waals surface area contributed by atoms with Crippen molar-refractivity contribution >= 4 is 28.1 Å². The molecule has 5 nitrogen and oxygen atoms in total. The minimum absolute atomic E-state index is 0.147. The Bertz CT molecular complexity index is 608. The lowest BCUT2D eigenvalue weighted by Crippen LogP contribution is -2.26. The second-order valence-electron chi connectivity index (χ2n) is 4.32. The van der Waals surface area contributed by atoms with Gasteiger partial charge in [-0.1, -0.05) is 29.0 Å². The van der Waals surface area contributed by atoms with E-state index in [1.807, 2.05) is 26.0 Å². The molecule has 1 N–H and O–H groups in total. The number of aromatic nitrogens is 2. The van der Waals surface area contributed by atoms with Gasteiger partial charge in [0.25, 0.3) is 5.91 Å². The number of benzene rings is 1. The SMILES string of the molecule is CNc1nnc(C(=O)N(C)c2ccc(C)cc2C)s1. The molecule has 2 aromatic rings. The van der Waals surface area contributed by atoms with Crippen molar-refractivity contribution in [2.24, 2.45) is 0 Å². The van der Waals surface area contributed by atoms with Crippen LogP contribution in [0.5, 0.6) is 0 Å². The molecule has 0 aliphatic heterocycles. The van der Waals surface area contributed by atoms with Crippen molar-refractivity contribution in [3.63, 3.8) is 0 Å². The predicted octanol–water partition coefficient (Wildman–Crippen LogP) is 2.47. The fourth-order valence-corrected chi connectivity index (χ4v) is 2.52. The predicted molar refractivity (Wildman–Crippen MR) is 78.1 cm³/mol. The molecule has 19 heavy (non-hydrogen) atoms. The van der Waals surface area contributed by atoms with E-state index in [-0.39, 0.29) is 5.91 Å². The zero-order valence-corrected chi connectivity index (χ0v) is 12.2. The van der Waals surface area contributed by atoms with E-state index < -0.39 is 0 Å². The van der Waals surface area contributed by atoms with Crippen molar-refractivity contribution in [3.05, 3.63) is 34.3 Å². The Morgan fingerprint density at radius 2 is 2.05 bits per heavy atom. The summed E-state index contributed by atoms with van der Waals surface area (Å²) < 4.78 is 0. The van der Waals surface area contributed by atoms with Crippen molar-refractivity contribution in [2.45, 2.75) is 13.8 Å². The minimum atomic E-state index is -0.147. The van der Waals surface area contributed by atoms with Gasteiger partial charge < -0.3 is 10.2 Å². The third kappa shape index (κ3) is 2.73. The van der Waals surface area contributed by atoms with Crippen molar-refractivity contribution in [3.8, 4) is 0 Å². The lowest BCUT2D eigenvalue weighted by Gasteiger charge is -2.18. The molecule has 1 amide bonds. The first kappa shape index (κ1) is 13.5. The van der Waals surface area contributed by atoms with Crippen LogP contribution in [0.4, 0.5) is 10.8 Å². The molecule has 2 rings (SSSR count). The Labute approximate surface area is 116 Å². The van der Waals surface area contributed by atoms with Crippen LogP contribution in [0, 0.1) is 13.8 Å². The smallest absolute Gasteiger partial charge is 0.289 e. The van der Waals surface area contributed by atoms with Crippen molar-refractivity contribution < 1.29 is 4.79 Å². The Balaban J connectivity index is 2.27. The van der Waals surface area contributed by atoms with E-state index in [0.717, 1.165) is 11.3 Å². The van der Waals surface area contributed by atoms with Crippen LogP contribution in [0.1, 0.15) is 20.9 Å². The van der Waals surface area contributed by atoms with E-state index in [1.165, 1.54) is 16.9 Å². The van der Waals surface area contributed by atoms with Crippen LogP contribution in [0.25, 0.3) is 0 Å². The third-order valence-corrected chi connectivity index (χ3v) is 3.77. The summed E-state index contributed by atoms with van der Waals surface area (Å²) in [6.45, 7) is 4.02. The number of hydrogen-bond donors (Lipinski definition) is 1. The molecule has 0 spiro atoms. The average molecular weight is 276 g/mol. The van der Waals surface area contributed by atoms with Crippen LogP contribution in [-0.2, 0) is 0 Å². The zero-order chi connectivity index (χ0) is 14.0. The van der Waals surface area contributed by atoms with Gasteiger partial charge in [0.1, 0.15) is 0 Å². The van der Waals surface area contributed by atoms with Gasteiger partial charge in [-0.2, -0.15) is 0 Å². The van der Waals surface area contributed by atoms with Gasteiger partial charge in [-0.15, -0.1) is 10.2 Å². The van der Waals surface area contributed by atoms with Gasteiger partial charge in [0.2, 0.25) is 10.1 Å². The Morgan fingerprint density at radius 1 is 1.32 bits per heavy atom. The maximum absolute atomic E-state index is 12.3. The highest BCUT2D eigenvalue weighted by Crippen LogP contribution is 2.23. The highest BCUT2D eigenvalue weighted by atomic mass is 32.1. The van der Waals surface area contributed by atoms with Gasteiger partial charge in [-0.3, -0.25) is 4.79 Å². The number of nitrogens with one attached hydrogen (secondary N) is 1. The largest absolute Gasteiger partial charge is 0.363 e. The van der Waals surface area contributed by atoms with Gasteiger partial charge in [0.15, 0.2) is 0 Å². The summed E-state index contributed by atoms with van der Waals surface area (Å²) in [6.07, 6.45) is 0. The van der Waals surface area contributed by atoms with Crippen LogP contribution < -0.4 is 10.2 Å². The van der Waals surface area contributed by atoms with E-state index in [2.05, 4.69) is 21.6 Å². The summed E-state index contributed by atoms with van der Waals surface area (Å²) in [4.78, 5) is 13.9. The first-order valence-corrected chi connectivity index (χ1v) is 6.71. The monoisotopic (exact) mass is 276 g/mol. The van der Waals surface area contributed by atoms with E-state index in [9.17, 15) is 4.79 Å². The summed E-state index contributed by atoms with van der Waals surface area (Å²) in [5.74, 6) is -0.147. The molecule has 6 heteroatoms. The number of amides is 1. The molecular formula is C13H16N4OS. The quantitative estimate of drug-likeness (QED) is 0.935. The number of hydrogen-bond acceptors (Lipinski definition) is 5. The van der Waals surface area contributed by atoms with E-state index in [4.69, 9.17) is 0 Å². The van der Waals surface area contributed by atoms with Gasteiger partial charge in [-0.05, 0) is 25.5 Å². The second-order valence-corrected chi connectivity index (χ2v) is 5.29. The molecule has 100 valence electrons. The van der Waals surface area contributed by atoms with Crippen LogP contribution in [0.15, 0.2) is 18.2 Å². The molecular weight excluding hydrogens is 260 g/mol. The van der Waals surface area contributed by atoms with Crippen LogP contribution in [0.2, 0.25) is 0 Å². The molecule has 1 heterocycles. The molecule has 0 saturated carbocycles. The van der Waals surface area contributed by atoms with Crippen molar-refractivity contribution in [1.82, 2.24) is 10.2 Å². The molecule has 0 saturated heterocycles. The first-order chi connectivity index (χ1) is 9.02. The molecule has 0 unspecified atom stereocenters. The van der Waals surface area contributed by atoms with Crippen LogP contribution in [-0.4, -0.2) is 30.2 Å². The third-order valence-electron chi connectivity index (χ3n) is 2.84. The molecule has 1 aromatic carbocycles. The lowest BCUT2D eigenvalue weighted by molar-refractivity contribution is 0.0992.